The van der Waals surface area contributed by atoms with Gasteiger partial charge in [0.1, 0.15) is 11.2 Å². The Morgan fingerprint density at radius 3 is 2.67 bits per heavy atom. The summed E-state index contributed by atoms with van der Waals surface area (Å²) >= 11 is 0. The van der Waals surface area contributed by atoms with Gasteiger partial charge in [-0.25, -0.2) is 4.79 Å². The molecule has 1 amide bonds. The maximum Gasteiger partial charge on any atom is 0.326 e. The van der Waals surface area contributed by atoms with Crippen LogP contribution in [0.4, 0.5) is 4.79 Å². The van der Waals surface area contributed by atoms with Gasteiger partial charge in [-0.1, -0.05) is 45.4 Å². The van der Waals surface area contributed by atoms with Gasteiger partial charge < -0.3 is 25.0 Å². The summed E-state index contributed by atoms with van der Waals surface area (Å²) in [4.78, 5) is 27.2. The Balaban J connectivity index is 1.44. The fraction of sp³-hybridized carbons (Fsp3) is 0.625. The summed E-state index contributed by atoms with van der Waals surface area (Å²) in [6, 6.07) is 7.83. The number of para-hydroxylation sites is 1. The third kappa shape index (κ3) is 2.86. The van der Waals surface area contributed by atoms with Crippen LogP contribution in [0.15, 0.2) is 35.9 Å². The van der Waals surface area contributed by atoms with E-state index in [0.717, 1.165) is 35.0 Å². The van der Waals surface area contributed by atoms with Gasteiger partial charge in [-0.15, -0.1) is 0 Å². The monoisotopic (exact) mass is 548 g/mol. The van der Waals surface area contributed by atoms with Crippen LogP contribution >= 0.6 is 0 Å². The number of nitrogens with one attached hydrogen (secondary N) is 1. The lowest BCUT2D eigenvalue weighted by molar-refractivity contribution is -0.274. The van der Waals surface area contributed by atoms with Gasteiger partial charge in [0.2, 0.25) is 0 Å². The molecule has 3 aliphatic carbocycles. The molecule has 7 rings (SSSR count). The molecule has 3 heterocycles. The number of amides is 1. The van der Waals surface area contributed by atoms with Crippen molar-refractivity contribution in [3.8, 4) is 0 Å². The number of aliphatic hydroxyl groups is 2. The Morgan fingerprint density at radius 2 is 1.93 bits per heavy atom. The van der Waals surface area contributed by atoms with Crippen LogP contribution in [0.2, 0.25) is 0 Å². The van der Waals surface area contributed by atoms with Crippen molar-refractivity contribution < 1.29 is 29.3 Å². The van der Waals surface area contributed by atoms with E-state index in [1.54, 1.807) is 0 Å². The predicted molar refractivity (Wildman–Crippen MR) is 149 cm³/mol. The molecular weight excluding hydrogens is 508 g/mol. The molecule has 2 aliphatic heterocycles. The number of ether oxygens (including phenoxy) is 2. The van der Waals surface area contributed by atoms with Crippen LogP contribution in [0.1, 0.15) is 78.0 Å². The van der Waals surface area contributed by atoms with Crippen molar-refractivity contribution >= 4 is 22.7 Å². The molecule has 5 aliphatic rings. The number of rotatable bonds is 3. The lowest BCUT2D eigenvalue weighted by Gasteiger charge is -2.67. The fourth-order valence-corrected chi connectivity index (χ4v) is 9.27. The van der Waals surface area contributed by atoms with Gasteiger partial charge in [-0.2, -0.15) is 0 Å². The fourth-order valence-electron chi connectivity index (χ4n) is 9.27. The van der Waals surface area contributed by atoms with E-state index in [1.165, 1.54) is 6.08 Å². The molecule has 8 heteroatoms. The zero-order chi connectivity index (χ0) is 28.5. The largest absolute Gasteiger partial charge is 0.390 e. The minimum absolute atomic E-state index is 0.000573. The van der Waals surface area contributed by atoms with Crippen molar-refractivity contribution in [2.75, 3.05) is 6.54 Å². The normalized spacial score (nSPS) is 40.7. The molecule has 2 bridgehead atoms. The number of fused-ring (bicyclic) bond motifs is 9. The summed E-state index contributed by atoms with van der Waals surface area (Å²) in [7, 11) is 0. The second-order valence-corrected chi connectivity index (χ2v) is 13.6. The Bertz CT molecular complexity index is 1490. The first kappa shape index (κ1) is 26.4. The number of benzene rings is 1. The third-order valence-corrected chi connectivity index (χ3v) is 11.4. The van der Waals surface area contributed by atoms with E-state index in [9.17, 15) is 19.8 Å². The summed E-state index contributed by atoms with van der Waals surface area (Å²) in [5.74, 6) is -1.51. The molecule has 2 saturated carbocycles. The Kier molecular flexibility index (Phi) is 5.32. The lowest BCUT2D eigenvalue weighted by Crippen LogP contribution is -2.74. The van der Waals surface area contributed by atoms with Gasteiger partial charge >= 0.3 is 6.03 Å². The maximum atomic E-state index is 13.9. The molecule has 1 aromatic heterocycles. The molecular formula is C32H40N2O6. The minimum Gasteiger partial charge on any atom is -0.390 e. The van der Waals surface area contributed by atoms with Gasteiger partial charge in [0, 0.05) is 40.4 Å². The molecule has 0 radical (unpaired) electrons. The van der Waals surface area contributed by atoms with E-state index < -0.39 is 40.0 Å². The SMILES string of the molecule is CCCCNC(=O)n1c2c(c3ccccc31)C[C@@H]1C[C@H](O)[C@@]3(O)C4=CC(=O)[C@@H]5OC4(CC[C@]3(C)[C@@]21C)OC5(C)C. The third-order valence-electron chi connectivity index (χ3n) is 11.4. The first-order valence-corrected chi connectivity index (χ1v) is 14.8. The second-order valence-electron chi connectivity index (χ2n) is 13.6. The maximum absolute atomic E-state index is 13.9. The van der Waals surface area contributed by atoms with Crippen LogP contribution in [-0.2, 0) is 26.1 Å². The van der Waals surface area contributed by atoms with E-state index >= 15 is 0 Å². The highest BCUT2D eigenvalue weighted by Gasteiger charge is 2.77. The van der Waals surface area contributed by atoms with Gasteiger partial charge in [0.25, 0.3) is 0 Å². The first-order valence-electron chi connectivity index (χ1n) is 14.8. The number of hydrogen-bond donors (Lipinski definition) is 3. The van der Waals surface area contributed by atoms with E-state index in [4.69, 9.17) is 9.47 Å². The number of nitrogens with zero attached hydrogens (tertiary/aromatic N) is 1. The van der Waals surface area contributed by atoms with E-state index in [-0.39, 0.29) is 17.7 Å². The number of hydrogen-bond acceptors (Lipinski definition) is 6. The zero-order valence-corrected chi connectivity index (χ0v) is 24.0. The van der Waals surface area contributed by atoms with Crippen LogP contribution in [0.3, 0.4) is 0 Å². The molecule has 40 heavy (non-hydrogen) atoms. The Labute approximate surface area is 234 Å². The standard InChI is InChI=1S/C32H40N2O6/c1-6-7-14-33-27(37)34-21-11-9-8-10-19(21)20-15-18-16-24(36)32(38)23-17-22(35)26-28(2,3)40-31(23,39-26)13-12-29(32,4)30(18,5)25(20)34/h8-11,17-18,24,26,36,38H,6-7,12-16H2,1-5H3,(H,33,37)/t18-,24+,26+,29-,30-,31?,32+/m1/s1. The predicted octanol–water partition coefficient (Wildman–Crippen LogP) is 4.12. The van der Waals surface area contributed by atoms with Crippen molar-refractivity contribution in [2.45, 2.75) is 108 Å². The van der Waals surface area contributed by atoms with Gasteiger partial charge in [0.05, 0.1) is 11.6 Å². The minimum atomic E-state index is -1.79. The number of aromatic nitrogens is 1. The topological polar surface area (TPSA) is 110 Å². The van der Waals surface area contributed by atoms with Crippen molar-refractivity contribution in [1.29, 1.82) is 0 Å². The van der Waals surface area contributed by atoms with Crippen LogP contribution in [0.5, 0.6) is 0 Å². The average molecular weight is 549 g/mol. The number of ketones is 1. The van der Waals surface area contributed by atoms with Gasteiger partial charge in [-0.3, -0.25) is 9.36 Å². The molecule has 3 fully saturated rings. The number of carbonyl (C=O) groups excluding carboxylic acids is 2. The number of unbranched alkanes of at least 4 members (excludes halogenated alkanes) is 1. The van der Waals surface area contributed by atoms with Crippen molar-refractivity contribution in [3.05, 3.63) is 47.2 Å². The molecule has 7 atom stereocenters. The molecule has 1 unspecified atom stereocenters. The van der Waals surface area contributed by atoms with Crippen LogP contribution in [0.25, 0.3) is 10.9 Å². The van der Waals surface area contributed by atoms with Gasteiger partial charge in [0.15, 0.2) is 17.7 Å². The number of aliphatic hydroxyl groups excluding tert-OH is 1. The van der Waals surface area contributed by atoms with E-state index in [0.29, 0.717) is 37.8 Å². The van der Waals surface area contributed by atoms with Crippen LogP contribution in [-0.4, -0.2) is 62.3 Å². The second kappa shape index (κ2) is 8.06. The quantitative estimate of drug-likeness (QED) is 0.498. The summed E-state index contributed by atoms with van der Waals surface area (Å²) in [5.41, 5.74) is -1.06. The summed E-state index contributed by atoms with van der Waals surface area (Å²) in [6.45, 7) is 10.5. The highest BCUT2D eigenvalue weighted by Crippen LogP contribution is 2.72. The molecule has 214 valence electrons. The number of carbonyl (C=O) groups is 2. The highest BCUT2D eigenvalue weighted by molar-refractivity contribution is 5.98. The molecule has 8 nitrogen and oxygen atoms in total. The molecule has 1 aromatic carbocycles. The van der Waals surface area contributed by atoms with Crippen LogP contribution < -0.4 is 5.32 Å². The Morgan fingerprint density at radius 1 is 1.18 bits per heavy atom. The zero-order valence-electron chi connectivity index (χ0n) is 24.0. The molecule has 2 aromatic rings. The Hall–Kier alpha value is -2.52. The molecule has 1 spiro atoms. The van der Waals surface area contributed by atoms with Gasteiger partial charge in [-0.05, 0) is 63.2 Å². The highest BCUT2D eigenvalue weighted by atomic mass is 16.8. The smallest absolute Gasteiger partial charge is 0.326 e. The summed E-state index contributed by atoms with van der Waals surface area (Å²) in [5, 5.41) is 28.9. The molecule has 1 saturated heterocycles. The average Bonchev–Trinajstić information content (AvgIpc) is 3.47. The first-order chi connectivity index (χ1) is 18.9. The summed E-state index contributed by atoms with van der Waals surface area (Å²) < 4.78 is 14.6. The van der Waals surface area contributed by atoms with E-state index in [2.05, 4.69) is 25.2 Å². The molecule has 3 N–H and O–H groups in total. The van der Waals surface area contributed by atoms with E-state index in [1.807, 2.05) is 43.5 Å². The lowest BCUT2D eigenvalue weighted by atomic mass is 9.41. The van der Waals surface area contributed by atoms with Crippen molar-refractivity contribution in [1.82, 2.24) is 9.88 Å². The van der Waals surface area contributed by atoms with Crippen molar-refractivity contribution in [2.24, 2.45) is 11.3 Å². The summed E-state index contributed by atoms with van der Waals surface area (Å²) in [6.07, 6.45) is 3.45. The van der Waals surface area contributed by atoms with Crippen LogP contribution in [0, 0.1) is 11.3 Å². The van der Waals surface area contributed by atoms with Crippen molar-refractivity contribution in [3.63, 3.8) is 0 Å².